The van der Waals surface area contributed by atoms with Crippen molar-refractivity contribution in [3.05, 3.63) is 46.7 Å². The molecule has 0 radical (unpaired) electrons. The lowest BCUT2D eigenvalue weighted by molar-refractivity contribution is -0.131. The number of nitrogens with zero attached hydrogens (tertiary/aromatic N) is 2. The molecule has 0 bridgehead atoms. The topological polar surface area (TPSA) is 52.7 Å². The van der Waals surface area contributed by atoms with Gasteiger partial charge in [0.15, 0.2) is 0 Å². The number of anilines is 2. The van der Waals surface area contributed by atoms with Crippen molar-refractivity contribution < 1.29 is 9.59 Å². The molecule has 1 aromatic heterocycles. The van der Waals surface area contributed by atoms with Crippen molar-refractivity contribution in [2.75, 3.05) is 36.4 Å². The number of benzene rings is 1. The van der Waals surface area contributed by atoms with Crippen LogP contribution in [0.25, 0.3) is 0 Å². The first-order chi connectivity index (χ1) is 13.2. The molecule has 1 aliphatic heterocycles. The van der Waals surface area contributed by atoms with E-state index in [0.29, 0.717) is 11.3 Å². The van der Waals surface area contributed by atoms with Gasteiger partial charge in [0.1, 0.15) is 0 Å². The zero-order valence-electron chi connectivity index (χ0n) is 15.8. The Balaban J connectivity index is 1.48. The third-order valence-corrected chi connectivity index (χ3v) is 5.73. The number of unbranched alkanes of at least 4 members (excludes halogenated alkanes) is 2. The first-order valence-corrected chi connectivity index (χ1v) is 10.5. The molecular formula is C21H27N3O2S. The minimum atomic E-state index is -0.0760. The first kappa shape index (κ1) is 19.4. The number of thiophene rings is 1. The third kappa shape index (κ3) is 5.32. The number of hydrogen-bond donors (Lipinski definition) is 1. The Morgan fingerprint density at radius 3 is 2.41 bits per heavy atom. The highest BCUT2D eigenvalue weighted by atomic mass is 32.1. The summed E-state index contributed by atoms with van der Waals surface area (Å²) in [5, 5.41) is 4.82. The molecule has 0 unspecified atom stereocenters. The van der Waals surface area contributed by atoms with E-state index in [1.54, 1.807) is 0 Å². The van der Waals surface area contributed by atoms with Crippen molar-refractivity contribution in [3.63, 3.8) is 0 Å². The summed E-state index contributed by atoms with van der Waals surface area (Å²) < 4.78 is 0. The van der Waals surface area contributed by atoms with Gasteiger partial charge in [0.05, 0.1) is 4.88 Å². The number of carbonyl (C=O) groups is 2. The van der Waals surface area contributed by atoms with Gasteiger partial charge in [-0.05, 0) is 42.1 Å². The van der Waals surface area contributed by atoms with Gasteiger partial charge in [0, 0.05) is 44.0 Å². The van der Waals surface area contributed by atoms with Crippen LogP contribution < -0.4 is 10.2 Å². The number of nitrogens with one attached hydrogen (secondary N) is 1. The molecule has 2 aromatic rings. The Bertz CT molecular complexity index is 735. The van der Waals surface area contributed by atoms with Gasteiger partial charge in [0.2, 0.25) is 5.91 Å². The maximum absolute atomic E-state index is 12.2. The molecule has 0 atom stereocenters. The fourth-order valence-electron chi connectivity index (χ4n) is 3.25. The Hall–Kier alpha value is -2.34. The Labute approximate surface area is 165 Å². The second-order valence-electron chi connectivity index (χ2n) is 6.80. The van der Waals surface area contributed by atoms with Crippen LogP contribution in [0.15, 0.2) is 41.8 Å². The van der Waals surface area contributed by atoms with Gasteiger partial charge in [-0.3, -0.25) is 9.59 Å². The van der Waals surface area contributed by atoms with Gasteiger partial charge in [-0.15, -0.1) is 11.3 Å². The van der Waals surface area contributed by atoms with E-state index >= 15 is 0 Å². The van der Waals surface area contributed by atoms with Crippen LogP contribution in [-0.4, -0.2) is 42.9 Å². The van der Waals surface area contributed by atoms with E-state index in [1.165, 1.54) is 11.3 Å². The largest absolute Gasteiger partial charge is 0.368 e. The molecule has 1 N–H and O–H groups in total. The lowest BCUT2D eigenvalue weighted by Gasteiger charge is -2.36. The lowest BCUT2D eigenvalue weighted by Crippen LogP contribution is -2.48. The SMILES string of the molecule is CCCCCC(=O)N1CCN(c2ccc(NC(=O)c3cccs3)cc2)CC1. The molecule has 3 rings (SSSR count). The van der Waals surface area contributed by atoms with Crippen LogP contribution in [0.5, 0.6) is 0 Å². The van der Waals surface area contributed by atoms with Crippen LogP contribution in [0.1, 0.15) is 42.3 Å². The predicted octanol–water partition coefficient (Wildman–Crippen LogP) is 4.23. The van der Waals surface area contributed by atoms with Crippen LogP contribution >= 0.6 is 11.3 Å². The molecule has 144 valence electrons. The normalized spacial score (nSPS) is 14.3. The van der Waals surface area contributed by atoms with Gasteiger partial charge in [0.25, 0.3) is 5.91 Å². The zero-order chi connectivity index (χ0) is 19.1. The van der Waals surface area contributed by atoms with Crippen molar-refractivity contribution in [2.24, 2.45) is 0 Å². The molecule has 1 aromatic carbocycles. The molecule has 1 aliphatic rings. The van der Waals surface area contributed by atoms with Gasteiger partial charge < -0.3 is 15.1 Å². The first-order valence-electron chi connectivity index (χ1n) is 9.65. The van der Waals surface area contributed by atoms with Crippen LogP contribution in [0, 0.1) is 0 Å². The second-order valence-corrected chi connectivity index (χ2v) is 7.75. The Kier molecular flexibility index (Phi) is 6.87. The molecule has 27 heavy (non-hydrogen) atoms. The number of hydrogen-bond acceptors (Lipinski definition) is 4. The smallest absolute Gasteiger partial charge is 0.265 e. The molecule has 0 saturated carbocycles. The van der Waals surface area contributed by atoms with E-state index in [1.807, 2.05) is 46.7 Å². The van der Waals surface area contributed by atoms with Crippen molar-refractivity contribution in [3.8, 4) is 0 Å². The summed E-state index contributed by atoms with van der Waals surface area (Å²) in [5.74, 6) is 0.211. The molecule has 0 aliphatic carbocycles. The van der Waals surface area contributed by atoms with E-state index in [2.05, 4.69) is 17.1 Å². The second kappa shape index (κ2) is 9.55. The van der Waals surface area contributed by atoms with Gasteiger partial charge >= 0.3 is 0 Å². The van der Waals surface area contributed by atoms with Gasteiger partial charge in [-0.2, -0.15) is 0 Å². The molecule has 1 fully saturated rings. The van der Waals surface area contributed by atoms with Crippen LogP contribution in [-0.2, 0) is 4.79 Å². The summed E-state index contributed by atoms with van der Waals surface area (Å²) in [5.41, 5.74) is 1.92. The average molecular weight is 386 g/mol. The van der Waals surface area contributed by atoms with E-state index in [4.69, 9.17) is 0 Å². The van der Waals surface area contributed by atoms with E-state index in [-0.39, 0.29) is 11.8 Å². The number of rotatable bonds is 7. The maximum Gasteiger partial charge on any atom is 0.265 e. The molecule has 1 saturated heterocycles. The molecular weight excluding hydrogens is 358 g/mol. The summed E-state index contributed by atoms with van der Waals surface area (Å²) in [7, 11) is 0. The van der Waals surface area contributed by atoms with Gasteiger partial charge in [-0.1, -0.05) is 25.8 Å². The summed E-state index contributed by atoms with van der Waals surface area (Å²) in [6.45, 7) is 5.41. The lowest BCUT2D eigenvalue weighted by atomic mass is 10.1. The molecule has 0 spiro atoms. The van der Waals surface area contributed by atoms with Gasteiger partial charge in [-0.25, -0.2) is 0 Å². The summed E-state index contributed by atoms with van der Waals surface area (Å²) in [6, 6.07) is 11.6. The van der Waals surface area contributed by atoms with E-state index < -0.39 is 0 Å². The van der Waals surface area contributed by atoms with E-state index in [9.17, 15) is 9.59 Å². The Morgan fingerprint density at radius 1 is 1.04 bits per heavy atom. The fourth-order valence-corrected chi connectivity index (χ4v) is 3.87. The highest BCUT2D eigenvalue weighted by Gasteiger charge is 2.20. The average Bonchev–Trinajstić information content (AvgIpc) is 3.24. The molecule has 5 nitrogen and oxygen atoms in total. The Morgan fingerprint density at radius 2 is 1.78 bits per heavy atom. The maximum atomic E-state index is 12.2. The number of amides is 2. The number of carbonyl (C=O) groups excluding carboxylic acids is 2. The standard InChI is InChI=1S/C21H27N3O2S/c1-2-3-4-7-20(25)24-14-12-23(13-15-24)18-10-8-17(9-11-18)22-21(26)19-6-5-16-27-19/h5-6,8-11,16H,2-4,7,12-15H2,1H3,(H,22,26). The zero-order valence-corrected chi connectivity index (χ0v) is 16.6. The van der Waals surface area contributed by atoms with Crippen molar-refractivity contribution in [1.29, 1.82) is 0 Å². The minimum Gasteiger partial charge on any atom is -0.368 e. The highest BCUT2D eigenvalue weighted by Crippen LogP contribution is 2.21. The summed E-state index contributed by atoms with van der Waals surface area (Å²) in [6.07, 6.45) is 3.94. The van der Waals surface area contributed by atoms with Crippen molar-refractivity contribution in [2.45, 2.75) is 32.6 Å². The monoisotopic (exact) mass is 385 g/mol. The molecule has 2 amide bonds. The third-order valence-electron chi connectivity index (χ3n) is 4.86. The van der Waals surface area contributed by atoms with Crippen molar-refractivity contribution >= 4 is 34.5 Å². The highest BCUT2D eigenvalue weighted by molar-refractivity contribution is 7.12. The van der Waals surface area contributed by atoms with Crippen molar-refractivity contribution in [1.82, 2.24) is 4.90 Å². The minimum absolute atomic E-state index is 0.0760. The summed E-state index contributed by atoms with van der Waals surface area (Å²) >= 11 is 1.43. The number of piperazine rings is 1. The quantitative estimate of drug-likeness (QED) is 0.726. The van der Waals surface area contributed by atoms with E-state index in [0.717, 1.165) is 56.8 Å². The summed E-state index contributed by atoms with van der Waals surface area (Å²) in [4.78, 5) is 29.3. The predicted molar refractivity (Wildman–Crippen MR) is 112 cm³/mol. The molecule has 6 heteroatoms. The van der Waals surface area contributed by atoms with Crippen LogP contribution in [0.3, 0.4) is 0 Å². The van der Waals surface area contributed by atoms with Crippen LogP contribution in [0.2, 0.25) is 0 Å². The molecule has 2 heterocycles. The van der Waals surface area contributed by atoms with Crippen LogP contribution in [0.4, 0.5) is 11.4 Å². The fraction of sp³-hybridized carbons (Fsp3) is 0.429.